The van der Waals surface area contributed by atoms with E-state index in [9.17, 15) is 14.4 Å². The van der Waals surface area contributed by atoms with E-state index in [2.05, 4.69) is 4.98 Å². The largest absolute Gasteiger partial charge is 0.326 e. The van der Waals surface area contributed by atoms with E-state index < -0.39 is 11.2 Å². The van der Waals surface area contributed by atoms with Gasteiger partial charge in [-0.25, -0.2) is 4.79 Å². The smallest absolute Gasteiger partial charge is 0.304 e. The van der Waals surface area contributed by atoms with Crippen LogP contribution in [0.3, 0.4) is 0 Å². The summed E-state index contributed by atoms with van der Waals surface area (Å²) in [5.41, 5.74) is -1.46. The van der Waals surface area contributed by atoms with Crippen molar-refractivity contribution in [1.82, 2.24) is 9.97 Å². The van der Waals surface area contributed by atoms with E-state index in [1.807, 2.05) is 4.98 Å². The van der Waals surface area contributed by atoms with Gasteiger partial charge >= 0.3 is 5.69 Å². The molecule has 1 aromatic heterocycles. The van der Waals surface area contributed by atoms with Crippen LogP contribution in [0.1, 0.15) is 5.69 Å². The highest BCUT2D eigenvalue weighted by atomic mass is 16.2. The van der Waals surface area contributed by atoms with Crippen molar-refractivity contribution in [3.63, 3.8) is 0 Å². The fourth-order valence-corrected chi connectivity index (χ4v) is 0.524. The molecule has 10 heavy (non-hydrogen) atoms. The van der Waals surface area contributed by atoms with Crippen LogP contribution in [0.25, 0.3) is 0 Å². The van der Waals surface area contributed by atoms with Crippen LogP contribution in [0, 0.1) is 0 Å². The number of rotatable bonds is 1. The summed E-state index contributed by atoms with van der Waals surface area (Å²) in [6.07, 6.45) is 1.38. The van der Waals surface area contributed by atoms with E-state index in [0.29, 0.717) is 0 Å². The molecule has 0 aliphatic rings. The van der Waals surface area contributed by atoms with Crippen LogP contribution in [-0.2, 0) is 4.79 Å². The fraction of sp³-hybridized carbons (Fsp3) is 0. The lowest BCUT2D eigenvalue weighted by Crippen LogP contribution is -2.22. The Hall–Kier alpha value is -1.65. The molecule has 0 fully saturated rings. The fourth-order valence-electron chi connectivity index (χ4n) is 0.524. The zero-order valence-corrected chi connectivity index (χ0v) is 4.80. The maximum absolute atomic E-state index is 10.4. The summed E-state index contributed by atoms with van der Waals surface area (Å²) in [6.45, 7) is 0. The number of hydrogen-bond donors (Lipinski definition) is 2. The van der Waals surface area contributed by atoms with Crippen LogP contribution in [0.15, 0.2) is 15.7 Å². The van der Waals surface area contributed by atoms with Crippen LogP contribution in [-0.4, -0.2) is 16.3 Å². The average Bonchev–Trinajstić information content (AvgIpc) is 1.85. The second-order valence-corrected chi connectivity index (χ2v) is 1.60. The quantitative estimate of drug-likeness (QED) is 0.497. The summed E-state index contributed by atoms with van der Waals surface area (Å²) < 4.78 is 0. The Balaban J connectivity index is 3.46. The Labute approximate surface area is 54.7 Å². The summed E-state index contributed by atoms with van der Waals surface area (Å²) in [4.78, 5) is 34.6. The lowest BCUT2D eigenvalue weighted by molar-refractivity contribution is 0.561. The molecule has 0 saturated heterocycles. The number of carbonyl (C=O) groups excluding carboxylic acids is 1. The van der Waals surface area contributed by atoms with E-state index in [1.165, 1.54) is 6.29 Å². The van der Waals surface area contributed by atoms with Gasteiger partial charge in [0.2, 0.25) is 0 Å². The summed E-state index contributed by atoms with van der Waals surface area (Å²) in [5.74, 6) is 0. The normalized spacial score (nSPS) is 9.20. The summed E-state index contributed by atoms with van der Waals surface area (Å²) in [7, 11) is 0. The molecular weight excluding hydrogens is 136 g/mol. The zero-order chi connectivity index (χ0) is 7.56. The molecule has 2 N–H and O–H groups in total. The first kappa shape index (κ1) is 6.47. The van der Waals surface area contributed by atoms with Crippen LogP contribution in [0.4, 0.5) is 0 Å². The van der Waals surface area contributed by atoms with Crippen LogP contribution >= 0.6 is 0 Å². The van der Waals surface area contributed by atoms with Gasteiger partial charge in [0.25, 0.3) is 11.8 Å². The van der Waals surface area contributed by atoms with Gasteiger partial charge in [0, 0.05) is 6.07 Å². The second kappa shape index (κ2) is 2.30. The molecule has 1 rings (SSSR count). The highest BCUT2D eigenvalue weighted by Gasteiger charge is 1.92. The third kappa shape index (κ3) is 1.19. The van der Waals surface area contributed by atoms with Crippen molar-refractivity contribution in [1.29, 1.82) is 0 Å². The van der Waals surface area contributed by atoms with Gasteiger partial charge in [-0.1, -0.05) is 0 Å². The van der Waals surface area contributed by atoms with Crippen molar-refractivity contribution in [2.45, 2.75) is 0 Å². The third-order valence-electron chi connectivity index (χ3n) is 0.870. The van der Waals surface area contributed by atoms with Crippen molar-refractivity contribution >= 4 is 6.29 Å². The first-order chi connectivity index (χ1) is 4.72. The number of aromatic amines is 2. The topological polar surface area (TPSA) is 82.8 Å². The Morgan fingerprint density at radius 3 is 2.50 bits per heavy atom. The summed E-state index contributed by atoms with van der Waals surface area (Å²) >= 11 is 0. The first-order valence-corrected chi connectivity index (χ1v) is 2.44. The number of aromatic nitrogens is 2. The van der Waals surface area contributed by atoms with Gasteiger partial charge in [-0.05, 0) is 0 Å². The van der Waals surface area contributed by atoms with E-state index in [1.54, 1.807) is 0 Å². The second-order valence-electron chi connectivity index (χ2n) is 1.60. The van der Waals surface area contributed by atoms with Crippen LogP contribution in [0.5, 0.6) is 0 Å². The van der Waals surface area contributed by atoms with E-state index in [4.69, 9.17) is 0 Å². The summed E-state index contributed by atoms with van der Waals surface area (Å²) in [6, 6.07) is 0.953. The van der Waals surface area contributed by atoms with Gasteiger partial charge in [-0.3, -0.25) is 14.6 Å². The Bertz CT molecular complexity index is 320. The third-order valence-corrected chi connectivity index (χ3v) is 0.870. The molecule has 5 heteroatoms. The molecule has 1 aromatic rings. The highest BCUT2D eigenvalue weighted by Crippen LogP contribution is 1.72. The Kier molecular flexibility index (Phi) is 1.49. The van der Waals surface area contributed by atoms with Crippen LogP contribution < -0.4 is 11.2 Å². The minimum Gasteiger partial charge on any atom is -0.304 e. The van der Waals surface area contributed by atoms with Gasteiger partial charge in [0.15, 0.2) is 0 Å². The molecule has 0 atom stereocenters. The lowest BCUT2D eigenvalue weighted by Gasteiger charge is -1.83. The number of H-pyrrole nitrogens is 2. The van der Waals surface area contributed by atoms with Gasteiger partial charge in [-0.2, -0.15) is 0 Å². The Morgan fingerprint density at radius 2 is 2.00 bits per heavy atom. The molecule has 0 amide bonds. The predicted octanol–water partition coefficient (Wildman–Crippen LogP) is -1.48. The molecule has 1 heterocycles. The van der Waals surface area contributed by atoms with E-state index in [0.717, 1.165) is 6.07 Å². The first-order valence-electron chi connectivity index (χ1n) is 2.44. The molecule has 0 unspecified atom stereocenters. The molecule has 0 aliphatic heterocycles. The number of hydrogen-bond acceptors (Lipinski definition) is 3. The average molecular weight is 139 g/mol. The van der Waals surface area contributed by atoms with E-state index in [-0.39, 0.29) is 5.69 Å². The molecule has 51 valence electrons. The van der Waals surface area contributed by atoms with Crippen molar-refractivity contribution < 1.29 is 4.79 Å². The predicted molar refractivity (Wildman–Crippen MR) is 32.5 cm³/mol. The molecule has 0 aliphatic carbocycles. The summed E-state index contributed by atoms with van der Waals surface area (Å²) in [5, 5.41) is 0. The molecular formula is C5H3N2O3. The minimum absolute atomic E-state index is 0.145. The zero-order valence-electron chi connectivity index (χ0n) is 4.80. The molecule has 0 aromatic carbocycles. The molecule has 1 radical (unpaired) electrons. The maximum Gasteiger partial charge on any atom is 0.326 e. The van der Waals surface area contributed by atoms with Gasteiger partial charge in [0.05, 0.1) is 5.69 Å². The van der Waals surface area contributed by atoms with Crippen molar-refractivity contribution in [3.8, 4) is 0 Å². The molecule has 0 spiro atoms. The lowest BCUT2D eigenvalue weighted by atomic mass is 10.4. The highest BCUT2D eigenvalue weighted by molar-refractivity contribution is 5.71. The SMILES string of the molecule is O=[C]c1cc(=O)[nH]c(=O)[nH]1. The molecule has 0 bridgehead atoms. The molecule has 5 nitrogen and oxygen atoms in total. The maximum atomic E-state index is 10.4. The Morgan fingerprint density at radius 1 is 1.30 bits per heavy atom. The van der Waals surface area contributed by atoms with Gasteiger partial charge < -0.3 is 4.98 Å². The van der Waals surface area contributed by atoms with E-state index >= 15 is 0 Å². The van der Waals surface area contributed by atoms with Crippen LogP contribution in [0.2, 0.25) is 0 Å². The number of nitrogens with one attached hydrogen (secondary N) is 2. The van der Waals surface area contributed by atoms with Gasteiger partial charge in [0.1, 0.15) is 0 Å². The van der Waals surface area contributed by atoms with Crippen molar-refractivity contribution in [2.75, 3.05) is 0 Å². The van der Waals surface area contributed by atoms with Crippen molar-refractivity contribution in [3.05, 3.63) is 32.6 Å². The van der Waals surface area contributed by atoms with Gasteiger partial charge in [-0.15, -0.1) is 0 Å². The minimum atomic E-state index is -0.703. The van der Waals surface area contributed by atoms with Crippen molar-refractivity contribution in [2.24, 2.45) is 0 Å². The standard InChI is InChI=1S/C5H3N2O3/c8-2-3-1-4(9)7-5(10)6-3/h1H,(H2,6,7,9,10). The molecule has 0 saturated carbocycles. The monoisotopic (exact) mass is 139 g/mol.